The summed E-state index contributed by atoms with van der Waals surface area (Å²) in [6.07, 6.45) is 7.08. The third-order valence-electron chi connectivity index (χ3n) is 4.97. The van der Waals surface area contributed by atoms with Gasteiger partial charge in [0, 0.05) is 31.7 Å². The summed E-state index contributed by atoms with van der Waals surface area (Å²) >= 11 is 0. The van der Waals surface area contributed by atoms with E-state index >= 15 is 4.39 Å². The number of anilines is 3. The van der Waals surface area contributed by atoms with Gasteiger partial charge in [-0.15, -0.1) is 0 Å². The van der Waals surface area contributed by atoms with Gasteiger partial charge >= 0.3 is 0 Å². The second-order valence-corrected chi connectivity index (χ2v) is 6.90. The number of rotatable bonds is 4. The molecular weight excluding hydrogens is 381 g/mol. The Morgan fingerprint density at radius 1 is 0.900 bits per heavy atom. The molecule has 0 saturated carbocycles. The summed E-state index contributed by atoms with van der Waals surface area (Å²) in [5.41, 5.74) is 3.02. The van der Waals surface area contributed by atoms with Gasteiger partial charge in [-0.1, -0.05) is 30.3 Å². The molecule has 0 bridgehead atoms. The first-order valence-electron chi connectivity index (χ1n) is 9.61. The van der Waals surface area contributed by atoms with Gasteiger partial charge in [-0.3, -0.25) is 9.97 Å². The predicted molar refractivity (Wildman–Crippen MR) is 112 cm³/mol. The van der Waals surface area contributed by atoms with Crippen LogP contribution in [-0.4, -0.2) is 31.5 Å². The number of hydrogen-bond acceptors (Lipinski definition) is 7. The molecule has 0 radical (unpaired) electrons. The summed E-state index contributed by atoms with van der Waals surface area (Å²) in [5.74, 6) is 0.500. The Labute approximate surface area is 172 Å². The number of fused-ring (bicyclic) bond motifs is 1. The number of nitrogens with one attached hydrogen (secondary N) is 1. The standard InChI is InChI=1S/C22H18FN7/c23-19-21(27-18-13-24-10-11-26-18)28-20(17-7-3-4-9-25-17)29-22(19)30-12-8-15-5-1-2-6-16(15)14-30/h1-7,9-11,13H,8,12,14H2,(H,26,27,28,29). The summed E-state index contributed by atoms with van der Waals surface area (Å²) in [7, 11) is 0. The van der Waals surface area contributed by atoms with E-state index in [0.29, 0.717) is 30.4 Å². The van der Waals surface area contributed by atoms with Crippen LogP contribution >= 0.6 is 0 Å². The largest absolute Gasteiger partial charge is 0.349 e. The average molecular weight is 399 g/mol. The molecular formula is C22H18FN7. The lowest BCUT2D eigenvalue weighted by atomic mass is 10.00. The quantitative estimate of drug-likeness (QED) is 0.559. The van der Waals surface area contributed by atoms with Crippen molar-refractivity contribution >= 4 is 17.5 Å². The Kier molecular flexibility index (Phi) is 4.72. The second kappa shape index (κ2) is 7.82. The highest BCUT2D eigenvalue weighted by atomic mass is 19.1. The fraction of sp³-hybridized carbons (Fsp3) is 0.136. The topological polar surface area (TPSA) is 79.7 Å². The minimum atomic E-state index is -0.528. The highest BCUT2D eigenvalue weighted by Gasteiger charge is 2.24. The van der Waals surface area contributed by atoms with Crippen molar-refractivity contribution in [2.75, 3.05) is 16.8 Å². The Morgan fingerprint density at radius 2 is 1.77 bits per heavy atom. The van der Waals surface area contributed by atoms with Crippen LogP contribution in [0.4, 0.5) is 21.8 Å². The van der Waals surface area contributed by atoms with Gasteiger partial charge in [-0.2, -0.15) is 4.39 Å². The molecule has 1 aromatic carbocycles. The molecule has 0 amide bonds. The number of aromatic nitrogens is 5. The van der Waals surface area contributed by atoms with Gasteiger partial charge in [0.15, 0.2) is 17.5 Å². The molecule has 4 heterocycles. The maximum atomic E-state index is 15.5. The summed E-state index contributed by atoms with van der Waals surface area (Å²) in [6, 6.07) is 13.7. The van der Waals surface area contributed by atoms with Crippen LogP contribution in [0.2, 0.25) is 0 Å². The van der Waals surface area contributed by atoms with E-state index in [-0.39, 0.29) is 11.6 Å². The zero-order chi connectivity index (χ0) is 20.3. The van der Waals surface area contributed by atoms with Crippen molar-refractivity contribution in [1.82, 2.24) is 24.9 Å². The van der Waals surface area contributed by atoms with Gasteiger partial charge in [-0.25, -0.2) is 15.0 Å². The van der Waals surface area contributed by atoms with Crippen LogP contribution in [0.25, 0.3) is 11.5 Å². The normalized spacial score (nSPS) is 13.0. The fourth-order valence-corrected chi connectivity index (χ4v) is 3.50. The van der Waals surface area contributed by atoms with Crippen LogP contribution in [0.1, 0.15) is 11.1 Å². The monoisotopic (exact) mass is 399 g/mol. The minimum Gasteiger partial charge on any atom is -0.349 e. The summed E-state index contributed by atoms with van der Waals surface area (Å²) < 4.78 is 15.5. The smallest absolute Gasteiger partial charge is 0.208 e. The van der Waals surface area contributed by atoms with E-state index in [2.05, 4.69) is 42.4 Å². The van der Waals surface area contributed by atoms with Crippen molar-refractivity contribution in [3.8, 4) is 11.5 Å². The SMILES string of the molecule is Fc1c(Nc2cnccn2)nc(-c2ccccn2)nc1N1CCc2ccccc2C1. The molecule has 148 valence electrons. The maximum absolute atomic E-state index is 15.5. The maximum Gasteiger partial charge on any atom is 0.208 e. The van der Waals surface area contributed by atoms with E-state index in [9.17, 15) is 0 Å². The van der Waals surface area contributed by atoms with Crippen LogP contribution in [0, 0.1) is 5.82 Å². The van der Waals surface area contributed by atoms with Crippen molar-refractivity contribution < 1.29 is 4.39 Å². The van der Waals surface area contributed by atoms with Crippen LogP contribution in [0.5, 0.6) is 0 Å². The molecule has 30 heavy (non-hydrogen) atoms. The molecule has 8 heteroatoms. The van der Waals surface area contributed by atoms with Crippen LogP contribution in [0.15, 0.2) is 67.3 Å². The summed E-state index contributed by atoms with van der Waals surface area (Å²) in [6.45, 7) is 1.24. The first-order chi connectivity index (χ1) is 14.8. The van der Waals surface area contributed by atoms with Gasteiger partial charge in [-0.05, 0) is 29.7 Å². The van der Waals surface area contributed by atoms with Gasteiger partial charge in [0.25, 0.3) is 0 Å². The van der Waals surface area contributed by atoms with Crippen molar-refractivity contribution in [2.45, 2.75) is 13.0 Å². The van der Waals surface area contributed by atoms with Crippen LogP contribution < -0.4 is 10.2 Å². The molecule has 1 aliphatic rings. The Bertz CT molecular complexity index is 1170. The van der Waals surface area contributed by atoms with Crippen LogP contribution in [-0.2, 0) is 13.0 Å². The average Bonchev–Trinajstić information content (AvgIpc) is 2.81. The van der Waals surface area contributed by atoms with Gasteiger partial charge in [0.05, 0.1) is 6.20 Å². The molecule has 0 aliphatic carbocycles. The van der Waals surface area contributed by atoms with Crippen molar-refractivity contribution in [2.24, 2.45) is 0 Å². The zero-order valence-electron chi connectivity index (χ0n) is 16.0. The number of benzene rings is 1. The highest BCUT2D eigenvalue weighted by Crippen LogP contribution is 2.31. The molecule has 0 unspecified atom stereocenters. The zero-order valence-corrected chi connectivity index (χ0v) is 16.0. The third-order valence-corrected chi connectivity index (χ3v) is 4.97. The van der Waals surface area contributed by atoms with Crippen molar-refractivity contribution in [1.29, 1.82) is 0 Å². The Morgan fingerprint density at radius 3 is 2.57 bits per heavy atom. The van der Waals surface area contributed by atoms with E-state index in [0.717, 1.165) is 6.42 Å². The minimum absolute atomic E-state index is 0.0417. The summed E-state index contributed by atoms with van der Waals surface area (Å²) in [4.78, 5) is 23.4. The molecule has 0 spiro atoms. The molecule has 7 nitrogen and oxygen atoms in total. The number of pyridine rings is 1. The molecule has 5 rings (SSSR count). The first kappa shape index (κ1) is 18.1. The molecule has 1 aliphatic heterocycles. The van der Waals surface area contributed by atoms with Crippen molar-refractivity contribution in [3.05, 3.63) is 84.2 Å². The second-order valence-electron chi connectivity index (χ2n) is 6.90. The van der Waals surface area contributed by atoms with Gasteiger partial charge in [0.2, 0.25) is 5.82 Å². The van der Waals surface area contributed by atoms with E-state index in [4.69, 9.17) is 0 Å². The molecule has 1 N–H and O–H groups in total. The molecule has 4 aromatic rings. The molecule has 0 fully saturated rings. The Hall–Kier alpha value is -3.94. The molecule has 3 aromatic heterocycles. The lowest BCUT2D eigenvalue weighted by Gasteiger charge is -2.30. The lowest BCUT2D eigenvalue weighted by molar-refractivity contribution is 0.599. The van der Waals surface area contributed by atoms with Gasteiger partial charge in [0.1, 0.15) is 11.5 Å². The Balaban J connectivity index is 1.58. The third kappa shape index (κ3) is 3.55. The number of nitrogens with zero attached hydrogens (tertiary/aromatic N) is 6. The highest BCUT2D eigenvalue weighted by molar-refractivity contribution is 5.64. The molecule has 0 atom stereocenters. The number of hydrogen-bond donors (Lipinski definition) is 1. The number of halogens is 1. The lowest BCUT2D eigenvalue weighted by Crippen LogP contribution is -2.32. The first-order valence-corrected chi connectivity index (χ1v) is 9.61. The van der Waals surface area contributed by atoms with E-state index in [1.165, 1.54) is 23.5 Å². The molecule has 0 saturated heterocycles. The van der Waals surface area contributed by atoms with E-state index in [1.54, 1.807) is 18.5 Å². The van der Waals surface area contributed by atoms with Crippen LogP contribution in [0.3, 0.4) is 0 Å². The van der Waals surface area contributed by atoms with E-state index in [1.807, 2.05) is 29.2 Å². The predicted octanol–water partition coefficient (Wildman–Crippen LogP) is 3.77. The van der Waals surface area contributed by atoms with Gasteiger partial charge < -0.3 is 10.2 Å². The van der Waals surface area contributed by atoms with Crippen molar-refractivity contribution in [3.63, 3.8) is 0 Å². The summed E-state index contributed by atoms with van der Waals surface area (Å²) in [5, 5.41) is 2.93. The fourth-order valence-electron chi connectivity index (χ4n) is 3.50. The van der Waals surface area contributed by atoms with E-state index < -0.39 is 5.82 Å².